The van der Waals surface area contributed by atoms with E-state index in [4.69, 9.17) is 5.73 Å². The molecule has 0 aliphatic heterocycles. The van der Waals surface area contributed by atoms with Gasteiger partial charge in [0.25, 0.3) is 0 Å². The average molecular weight is 148 g/mol. The van der Waals surface area contributed by atoms with Crippen molar-refractivity contribution in [2.45, 2.75) is 6.92 Å². The zero-order valence-electron chi connectivity index (χ0n) is 5.76. The number of aliphatic imine (C=N–C) groups is 1. The Morgan fingerprint density at radius 1 is 1.78 bits per heavy atom. The summed E-state index contributed by atoms with van der Waals surface area (Å²) in [7, 11) is -0.745. The van der Waals surface area contributed by atoms with Gasteiger partial charge in [0.2, 0.25) is 0 Å². The molecule has 0 saturated carbocycles. The highest BCUT2D eigenvalue weighted by atomic mass is 32.2. The van der Waals surface area contributed by atoms with Gasteiger partial charge in [-0.2, -0.15) is 0 Å². The highest BCUT2D eigenvalue weighted by molar-refractivity contribution is 7.84. The smallest absolute Gasteiger partial charge is 0.0905 e. The van der Waals surface area contributed by atoms with E-state index in [1.165, 1.54) is 0 Å². The molecule has 0 aromatic rings. The summed E-state index contributed by atoms with van der Waals surface area (Å²) in [6.45, 7) is 2.30. The molecule has 0 radical (unpaired) electrons. The van der Waals surface area contributed by atoms with Crippen LogP contribution in [0.5, 0.6) is 0 Å². The van der Waals surface area contributed by atoms with E-state index in [1.54, 1.807) is 13.2 Å². The maximum atomic E-state index is 10.4. The Balaban J connectivity index is 3.31. The van der Waals surface area contributed by atoms with E-state index in [0.29, 0.717) is 18.1 Å². The summed E-state index contributed by atoms with van der Waals surface area (Å²) in [4.78, 5) is 3.87. The lowest BCUT2D eigenvalue weighted by Gasteiger charge is -1.90. The van der Waals surface area contributed by atoms with Crippen molar-refractivity contribution in [1.29, 1.82) is 0 Å². The van der Waals surface area contributed by atoms with Crippen molar-refractivity contribution in [2.24, 2.45) is 10.7 Å². The molecule has 2 N–H and O–H groups in total. The summed E-state index contributed by atoms with van der Waals surface area (Å²) < 4.78 is 10.4. The van der Waals surface area contributed by atoms with Gasteiger partial charge in [-0.3, -0.25) is 9.20 Å². The monoisotopic (exact) mass is 148 g/mol. The van der Waals surface area contributed by atoms with E-state index < -0.39 is 10.8 Å². The molecule has 0 heterocycles. The average Bonchev–Trinajstić information content (AvgIpc) is 1.63. The van der Waals surface area contributed by atoms with Gasteiger partial charge in [0, 0.05) is 22.8 Å². The molecule has 0 bridgehead atoms. The van der Waals surface area contributed by atoms with E-state index in [-0.39, 0.29) is 0 Å². The van der Waals surface area contributed by atoms with Gasteiger partial charge in [0.05, 0.1) is 12.4 Å². The van der Waals surface area contributed by atoms with Crippen molar-refractivity contribution in [2.75, 3.05) is 18.6 Å². The summed E-state index contributed by atoms with van der Waals surface area (Å²) in [5.74, 6) is 1.16. The van der Waals surface area contributed by atoms with Gasteiger partial charge < -0.3 is 5.73 Å². The summed E-state index contributed by atoms with van der Waals surface area (Å²) >= 11 is 0. The third-order valence-corrected chi connectivity index (χ3v) is 1.50. The SMILES string of the molecule is CC(N)=NCCS(C)=O. The quantitative estimate of drug-likeness (QED) is 0.443. The number of nitrogens with two attached hydrogens (primary N) is 1. The maximum Gasteiger partial charge on any atom is 0.0905 e. The Hall–Kier alpha value is -0.380. The molecule has 0 spiro atoms. The lowest BCUT2D eigenvalue weighted by atomic mass is 10.7. The Labute approximate surface area is 57.8 Å². The molecular formula is C5H12N2OS. The minimum atomic E-state index is -0.745. The fourth-order valence-electron chi connectivity index (χ4n) is 0.351. The standard InChI is InChI=1S/C5H12N2OS/c1-5(6)7-3-4-9(2)8/h3-4H2,1-2H3,(H2,6,7). The molecule has 1 atom stereocenters. The zero-order valence-corrected chi connectivity index (χ0v) is 6.57. The van der Waals surface area contributed by atoms with Crippen LogP contribution in [0.1, 0.15) is 6.92 Å². The summed E-state index contributed by atoms with van der Waals surface area (Å²) in [6, 6.07) is 0. The van der Waals surface area contributed by atoms with Gasteiger partial charge in [-0.05, 0) is 6.92 Å². The van der Waals surface area contributed by atoms with Crippen LogP contribution in [0.4, 0.5) is 0 Å². The van der Waals surface area contributed by atoms with Crippen LogP contribution < -0.4 is 5.73 Å². The van der Waals surface area contributed by atoms with E-state index in [1.807, 2.05) is 0 Å². The summed E-state index contributed by atoms with van der Waals surface area (Å²) in [5.41, 5.74) is 5.23. The van der Waals surface area contributed by atoms with Crippen molar-refractivity contribution in [1.82, 2.24) is 0 Å². The van der Waals surface area contributed by atoms with Gasteiger partial charge in [-0.1, -0.05) is 0 Å². The molecule has 0 aromatic heterocycles. The van der Waals surface area contributed by atoms with Crippen LogP contribution in [-0.4, -0.2) is 28.6 Å². The molecule has 0 amide bonds. The van der Waals surface area contributed by atoms with Crippen LogP contribution in [0.3, 0.4) is 0 Å². The van der Waals surface area contributed by atoms with Crippen LogP contribution >= 0.6 is 0 Å². The first-order valence-corrected chi connectivity index (χ1v) is 4.42. The Morgan fingerprint density at radius 2 is 2.33 bits per heavy atom. The van der Waals surface area contributed by atoms with E-state index >= 15 is 0 Å². The third kappa shape index (κ3) is 7.62. The molecule has 3 nitrogen and oxygen atoms in total. The molecule has 0 rings (SSSR count). The van der Waals surface area contributed by atoms with E-state index in [9.17, 15) is 4.21 Å². The van der Waals surface area contributed by atoms with E-state index in [2.05, 4.69) is 4.99 Å². The zero-order chi connectivity index (χ0) is 7.28. The van der Waals surface area contributed by atoms with Crippen molar-refractivity contribution >= 4 is 16.6 Å². The second-order valence-electron chi connectivity index (χ2n) is 1.80. The number of rotatable bonds is 3. The Morgan fingerprint density at radius 3 is 2.67 bits per heavy atom. The fraction of sp³-hybridized carbons (Fsp3) is 0.800. The minimum Gasteiger partial charge on any atom is -0.388 e. The molecule has 4 heteroatoms. The predicted octanol–water partition coefficient (Wildman–Crippen LogP) is -0.258. The first kappa shape index (κ1) is 8.62. The van der Waals surface area contributed by atoms with Gasteiger partial charge in [0.1, 0.15) is 0 Å². The summed E-state index contributed by atoms with van der Waals surface area (Å²) in [6.07, 6.45) is 1.65. The third-order valence-electron chi connectivity index (χ3n) is 0.740. The normalized spacial score (nSPS) is 15.6. The molecule has 54 valence electrons. The molecule has 0 saturated heterocycles. The number of amidine groups is 1. The van der Waals surface area contributed by atoms with Crippen LogP contribution in [-0.2, 0) is 10.8 Å². The highest BCUT2D eigenvalue weighted by Gasteiger charge is 1.86. The first-order chi connectivity index (χ1) is 4.13. The topological polar surface area (TPSA) is 55.4 Å². The molecule has 1 unspecified atom stereocenters. The van der Waals surface area contributed by atoms with Crippen LogP contribution in [0.15, 0.2) is 4.99 Å². The van der Waals surface area contributed by atoms with Gasteiger partial charge in [0.15, 0.2) is 0 Å². The molecule has 0 aromatic carbocycles. The second kappa shape index (κ2) is 4.49. The minimum absolute atomic E-state index is 0.556. The van der Waals surface area contributed by atoms with Gasteiger partial charge in [-0.15, -0.1) is 0 Å². The highest BCUT2D eigenvalue weighted by Crippen LogP contribution is 1.76. The number of hydrogen-bond acceptors (Lipinski definition) is 2. The molecule has 0 aliphatic rings. The fourth-order valence-corrected chi connectivity index (χ4v) is 0.699. The largest absolute Gasteiger partial charge is 0.388 e. The van der Waals surface area contributed by atoms with Crippen molar-refractivity contribution in [3.05, 3.63) is 0 Å². The Bertz CT molecular complexity index is 129. The predicted molar refractivity (Wildman–Crippen MR) is 41.1 cm³/mol. The molecule has 0 aliphatic carbocycles. The van der Waals surface area contributed by atoms with E-state index in [0.717, 1.165) is 0 Å². The summed E-state index contributed by atoms with van der Waals surface area (Å²) in [5, 5.41) is 0. The number of nitrogens with zero attached hydrogens (tertiary/aromatic N) is 1. The van der Waals surface area contributed by atoms with Crippen LogP contribution in [0.25, 0.3) is 0 Å². The van der Waals surface area contributed by atoms with Gasteiger partial charge >= 0.3 is 0 Å². The molecule has 9 heavy (non-hydrogen) atoms. The van der Waals surface area contributed by atoms with Crippen molar-refractivity contribution < 1.29 is 4.21 Å². The first-order valence-electron chi connectivity index (χ1n) is 2.69. The molecule has 0 fully saturated rings. The van der Waals surface area contributed by atoms with Crippen LogP contribution in [0.2, 0.25) is 0 Å². The van der Waals surface area contributed by atoms with Crippen molar-refractivity contribution in [3.63, 3.8) is 0 Å². The van der Waals surface area contributed by atoms with Crippen molar-refractivity contribution in [3.8, 4) is 0 Å². The Kier molecular flexibility index (Phi) is 4.30. The maximum absolute atomic E-state index is 10.4. The van der Waals surface area contributed by atoms with Crippen LogP contribution in [0, 0.1) is 0 Å². The lowest BCUT2D eigenvalue weighted by Crippen LogP contribution is -2.08. The second-order valence-corrected chi connectivity index (χ2v) is 3.36. The lowest BCUT2D eigenvalue weighted by molar-refractivity contribution is 0.686. The number of hydrogen-bond donors (Lipinski definition) is 1. The van der Waals surface area contributed by atoms with Gasteiger partial charge in [-0.25, -0.2) is 0 Å². The molecular weight excluding hydrogens is 136 g/mol.